The number of halogens is 1. The molecule has 18 heavy (non-hydrogen) atoms. The van der Waals surface area contributed by atoms with E-state index < -0.39 is 12.3 Å². The Morgan fingerprint density at radius 1 is 1.28 bits per heavy atom. The minimum atomic E-state index is -0.942. The van der Waals surface area contributed by atoms with E-state index in [9.17, 15) is 9.18 Å². The number of alkyl carbamates (subject to hydrolysis) is 1. The van der Waals surface area contributed by atoms with E-state index >= 15 is 0 Å². The number of nitrogens with one attached hydrogen (secondary N) is 1. The van der Waals surface area contributed by atoms with Crippen molar-refractivity contribution in [1.29, 1.82) is 0 Å². The summed E-state index contributed by atoms with van der Waals surface area (Å²) in [6.45, 7) is 0.219. The van der Waals surface area contributed by atoms with Gasteiger partial charge in [-0.2, -0.15) is 0 Å². The number of alkyl halides is 1. The first-order valence-corrected chi connectivity index (χ1v) is 6.37. The zero-order valence-electron chi connectivity index (χ0n) is 10.3. The molecule has 2 rings (SSSR count). The maximum atomic E-state index is 13.5. The summed E-state index contributed by atoms with van der Waals surface area (Å²) in [5, 5.41) is 2.60. The third-order valence-electron chi connectivity index (χ3n) is 3.20. The van der Waals surface area contributed by atoms with Gasteiger partial charge in [0, 0.05) is 0 Å². The van der Waals surface area contributed by atoms with Gasteiger partial charge in [0.05, 0.1) is 6.04 Å². The molecule has 0 unspecified atom stereocenters. The van der Waals surface area contributed by atoms with E-state index in [1.807, 2.05) is 30.3 Å². The lowest BCUT2D eigenvalue weighted by molar-refractivity contribution is 0.119. The van der Waals surface area contributed by atoms with Gasteiger partial charge in [0.2, 0.25) is 0 Å². The van der Waals surface area contributed by atoms with Crippen molar-refractivity contribution < 1.29 is 13.9 Å². The highest BCUT2D eigenvalue weighted by Crippen LogP contribution is 2.21. The molecule has 1 aliphatic carbocycles. The molecule has 1 aromatic carbocycles. The summed E-state index contributed by atoms with van der Waals surface area (Å²) in [7, 11) is 0. The van der Waals surface area contributed by atoms with Crippen molar-refractivity contribution >= 4 is 6.09 Å². The van der Waals surface area contributed by atoms with Crippen molar-refractivity contribution in [2.45, 2.75) is 44.5 Å². The smallest absolute Gasteiger partial charge is 0.407 e. The third-order valence-corrected chi connectivity index (χ3v) is 3.20. The van der Waals surface area contributed by atoms with Crippen LogP contribution in [-0.4, -0.2) is 18.3 Å². The van der Waals surface area contributed by atoms with Crippen LogP contribution in [0.3, 0.4) is 0 Å². The van der Waals surface area contributed by atoms with Crippen molar-refractivity contribution in [2.75, 3.05) is 0 Å². The highest BCUT2D eigenvalue weighted by Gasteiger charge is 2.26. The van der Waals surface area contributed by atoms with Gasteiger partial charge in [0.1, 0.15) is 12.8 Å². The Labute approximate surface area is 106 Å². The Kier molecular flexibility index (Phi) is 4.56. The van der Waals surface area contributed by atoms with Crippen LogP contribution in [-0.2, 0) is 11.3 Å². The predicted molar refractivity (Wildman–Crippen MR) is 66.9 cm³/mol. The zero-order chi connectivity index (χ0) is 12.8. The molecule has 1 amide bonds. The van der Waals surface area contributed by atoms with Gasteiger partial charge in [0.25, 0.3) is 0 Å². The van der Waals surface area contributed by atoms with Crippen LogP contribution >= 0.6 is 0 Å². The zero-order valence-corrected chi connectivity index (χ0v) is 10.3. The molecule has 1 fully saturated rings. The summed E-state index contributed by atoms with van der Waals surface area (Å²) < 4.78 is 18.6. The molecule has 0 aliphatic heterocycles. The number of hydrogen-bond acceptors (Lipinski definition) is 2. The molecule has 0 aromatic heterocycles. The Balaban J connectivity index is 1.75. The standard InChI is InChI=1S/C14H18FNO2/c15-12-8-4-5-9-13(12)16-14(17)18-10-11-6-2-1-3-7-11/h1-3,6-7,12-13H,4-5,8-10H2,(H,16,17)/t12-,13-/m0/s1. The number of amides is 1. The number of benzene rings is 1. The minimum Gasteiger partial charge on any atom is -0.445 e. The fraction of sp³-hybridized carbons (Fsp3) is 0.500. The van der Waals surface area contributed by atoms with Gasteiger partial charge >= 0.3 is 6.09 Å². The highest BCUT2D eigenvalue weighted by atomic mass is 19.1. The van der Waals surface area contributed by atoms with Gasteiger partial charge in [0.15, 0.2) is 0 Å². The monoisotopic (exact) mass is 251 g/mol. The quantitative estimate of drug-likeness (QED) is 0.896. The fourth-order valence-corrected chi connectivity index (χ4v) is 2.16. The molecule has 0 spiro atoms. The van der Waals surface area contributed by atoms with Crippen molar-refractivity contribution in [1.82, 2.24) is 5.32 Å². The van der Waals surface area contributed by atoms with Crippen molar-refractivity contribution in [3.8, 4) is 0 Å². The normalized spacial score (nSPS) is 23.4. The number of ether oxygens (including phenoxy) is 1. The molecule has 98 valence electrons. The molecule has 1 aromatic rings. The molecule has 1 saturated carbocycles. The van der Waals surface area contributed by atoms with Crippen LogP contribution in [0.25, 0.3) is 0 Å². The van der Waals surface area contributed by atoms with Crippen LogP contribution in [0.1, 0.15) is 31.2 Å². The third kappa shape index (κ3) is 3.72. The molecular weight excluding hydrogens is 233 g/mol. The summed E-state index contributed by atoms with van der Waals surface area (Å²) in [5.74, 6) is 0. The second kappa shape index (κ2) is 6.38. The lowest BCUT2D eigenvalue weighted by atomic mass is 9.94. The van der Waals surface area contributed by atoms with E-state index in [1.54, 1.807) is 0 Å². The molecule has 0 heterocycles. The van der Waals surface area contributed by atoms with Gasteiger partial charge in [-0.05, 0) is 18.4 Å². The SMILES string of the molecule is O=C(N[C@H]1CCCC[C@@H]1F)OCc1ccccc1. The van der Waals surface area contributed by atoms with E-state index in [-0.39, 0.29) is 12.6 Å². The predicted octanol–water partition coefficient (Wildman–Crippen LogP) is 3.19. The number of carbonyl (C=O) groups excluding carboxylic acids is 1. The molecule has 0 radical (unpaired) electrons. The summed E-state index contributed by atoms with van der Waals surface area (Å²) in [6.07, 6.45) is 1.62. The topological polar surface area (TPSA) is 38.3 Å². The first-order valence-electron chi connectivity index (χ1n) is 6.37. The minimum absolute atomic E-state index is 0.219. The van der Waals surface area contributed by atoms with E-state index in [0.29, 0.717) is 12.8 Å². The van der Waals surface area contributed by atoms with Crippen molar-refractivity contribution in [3.63, 3.8) is 0 Å². The Morgan fingerprint density at radius 3 is 2.72 bits per heavy atom. The van der Waals surface area contributed by atoms with Crippen LogP contribution in [0.15, 0.2) is 30.3 Å². The average molecular weight is 251 g/mol. The second-order valence-electron chi connectivity index (χ2n) is 4.61. The summed E-state index contributed by atoms with van der Waals surface area (Å²) >= 11 is 0. The van der Waals surface area contributed by atoms with Crippen LogP contribution < -0.4 is 5.32 Å². The van der Waals surface area contributed by atoms with E-state index in [0.717, 1.165) is 18.4 Å². The second-order valence-corrected chi connectivity index (χ2v) is 4.61. The largest absolute Gasteiger partial charge is 0.445 e. The molecule has 3 nitrogen and oxygen atoms in total. The fourth-order valence-electron chi connectivity index (χ4n) is 2.16. The Hall–Kier alpha value is -1.58. The summed E-state index contributed by atoms with van der Waals surface area (Å²) in [4.78, 5) is 11.5. The van der Waals surface area contributed by atoms with Gasteiger partial charge < -0.3 is 10.1 Å². The lowest BCUT2D eigenvalue weighted by Crippen LogP contribution is -2.43. The molecular formula is C14H18FNO2. The van der Waals surface area contributed by atoms with Crippen molar-refractivity contribution in [2.24, 2.45) is 0 Å². The molecule has 0 bridgehead atoms. The van der Waals surface area contributed by atoms with Crippen LogP contribution in [0, 0.1) is 0 Å². The van der Waals surface area contributed by atoms with Crippen molar-refractivity contribution in [3.05, 3.63) is 35.9 Å². The molecule has 1 N–H and O–H groups in total. The van der Waals surface area contributed by atoms with Crippen LogP contribution in [0.4, 0.5) is 9.18 Å². The highest BCUT2D eigenvalue weighted by molar-refractivity contribution is 5.67. The van der Waals surface area contributed by atoms with Gasteiger partial charge in [-0.3, -0.25) is 0 Å². The number of carbonyl (C=O) groups is 1. The first-order chi connectivity index (χ1) is 8.75. The van der Waals surface area contributed by atoms with E-state index in [2.05, 4.69) is 5.32 Å². The lowest BCUT2D eigenvalue weighted by Gasteiger charge is -2.26. The van der Waals surface area contributed by atoms with Crippen LogP contribution in [0.2, 0.25) is 0 Å². The summed E-state index contributed by atoms with van der Waals surface area (Å²) in [5.41, 5.74) is 0.924. The van der Waals surface area contributed by atoms with Gasteiger partial charge in [-0.25, -0.2) is 9.18 Å². The van der Waals surface area contributed by atoms with Crippen LogP contribution in [0.5, 0.6) is 0 Å². The first kappa shape index (κ1) is 12.9. The van der Waals surface area contributed by atoms with Gasteiger partial charge in [-0.15, -0.1) is 0 Å². The molecule has 4 heteroatoms. The maximum Gasteiger partial charge on any atom is 0.407 e. The average Bonchev–Trinajstić information content (AvgIpc) is 2.40. The van der Waals surface area contributed by atoms with E-state index in [1.165, 1.54) is 0 Å². The molecule has 0 saturated heterocycles. The summed E-state index contributed by atoms with van der Waals surface area (Å²) in [6, 6.07) is 9.05. The Bertz CT molecular complexity index is 383. The molecule has 1 aliphatic rings. The maximum absolute atomic E-state index is 13.5. The molecule has 2 atom stereocenters. The van der Waals surface area contributed by atoms with E-state index in [4.69, 9.17) is 4.74 Å². The Morgan fingerprint density at radius 2 is 2.00 bits per heavy atom. The number of hydrogen-bond donors (Lipinski definition) is 1. The van der Waals surface area contributed by atoms with Gasteiger partial charge in [-0.1, -0.05) is 43.2 Å². The number of rotatable bonds is 3.